The number of hydrogen-bond donors (Lipinski definition) is 2. The van der Waals surface area contributed by atoms with Crippen LogP contribution in [0.2, 0.25) is 0 Å². The molecule has 1 rings (SSSR count). The van der Waals surface area contributed by atoms with Gasteiger partial charge in [-0.15, -0.1) is 11.3 Å². The lowest BCUT2D eigenvalue weighted by molar-refractivity contribution is 0.322. The first kappa shape index (κ1) is 12.2. The maximum Gasteiger partial charge on any atom is 0.0905 e. The van der Waals surface area contributed by atoms with Crippen molar-refractivity contribution in [1.82, 2.24) is 4.90 Å². The minimum atomic E-state index is 0.302. The first-order valence-electron chi connectivity index (χ1n) is 5.22. The van der Waals surface area contributed by atoms with Crippen LogP contribution in [0.4, 0.5) is 0 Å². The summed E-state index contributed by atoms with van der Waals surface area (Å²) < 4.78 is 0. The average Bonchev–Trinajstić information content (AvgIpc) is 2.64. The molecule has 1 aromatic rings. The van der Waals surface area contributed by atoms with Crippen LogP contribution in [-0.2, 0) is 6.54 Å². The van der Waals surface area contributed by atoms with Crippen molar-refractivity contribution >= 4 is 17.2 Å². The molecule has 1 aromatic heterocycles. The highest BCUT2D eigenvalue weighted by atomic mass is 32.1. The molecule has 84 valence electrons. The second-order valence-electron chi connectivity index (χ2n) is 3.80. The summed E-state index contributed by atoms with van der Waals surface area (Å²) in [6.07, 6.45) is 2.86. The van der Waals surface area contributed by atoms with E-state index in [2.05, 4.69) is 29.5 Å². The fraction of sp³-hybridized carbons (Fsp3) is 0.545. The van der Waals surface area contributed by atoms with E-state index in [4.69, 9.17) is 11.1 Å². The molecular formula is C11H19N3S. The predicted molar refractivity (Wildman–Crippen MR) is 66.4 cm³/mol. The summed E-state index contributed by atoms with van der Waals surface area (Å²) in [5.74, 6) is 0.302. The van der Waals surface area contributed by atoms with Crippen molar-refractivity contribution in [3.05, 3.63) is 22.4 Å². The van der Waals surface area contributed by atoms with Crippen LogP contribution in [0.25, 0.3) is 0 Å². The topological polar surface area (TPSA) is 53.1 Å². The van der Waals surface area contributed by atoms with E-state index in [-0.39, 0.29) is 0 Å². The molecule has 0 aliphatic carbocycles. The van der Waals surface area contributed by atoms with Gasteiger partial charge in [-0.3, -0.25) is 5.41 Å². The second-order valence-corrected chi connectivity index (χ2v) is 4.83. The van der Waals surface area contributed by atoms with Crippen molar-refractivity contribution in [3.8, 4) is 0 Å². The number of nitrogens with zero attached hydrogens (tertiary/aromatic N) is 1. The molecule has 0 aliphatic rings. The number of thiophene rings is 1. The van der Waals surface area contributed by atoms with Crippen molar-refractivity contribution in [1.29, 1.82) is 5.41 Å². The van der Waals surface area contributed by atoms with Crippen molar-refractivity contribution in [2.45, 2.75) is 25.8 Å². The molecule has 0 unspecified atom stereocenters. The van der Waals surface area contributed by atoms with Crippen LogP contribution in [0.15, 0.2) is 17.5 Å². The zero-order chi connectivity index (χ0) is 11.1. The van der Waals surface area contributed by atoms with Crippen LogP contribution in [0.3, 0.4) is 0 Å². The quantitative estimate of drug-likeness (QED) is 0.425. The molecule has 0 spiro atoms. The van der Waals surface area contributed by atoms with Crippen molar-refractivity contribution < 1.29 is 0 Å². The standard InChI is InChI=1S/C11H19N3S/c1-14(7-3-2-6-11(12)13)9-10-5-4-8-15-10/h4-5,8H,2-3,6-7,9H2,1H3,(H3,12,13). The van der Waals surface area contributed by atoms with E-state index < -0.39 is 0 Å². The maximum absolute atomic E-state index is 7.10. The summed E-state index contributed by atoms with van der Waals surface area (Å²) in [6, 6.07) is 4.25. The van der Waals surface area contributed by atoms with Gasteiger partial charge in [0.15, 0.2) is 0 Å². The number of nitrogens with one attached hydrogen (secondary N) is 1. The van der Waals surface area contributed by atoms with Gasteiger partial charge in [0.1, 0.15) is 0 Å². The Morgan fingerprint density at radius 1 is 1.53 bits per heavy atom. The lowest BCUT2D eigenvalue weighted by atomic mass is 10.2. The normalized spacial score (nSPS) is 10.8. The van der Waals surface area contributed by atoms with Gasteiger partial charge in [-0.05, 0) is 37.9 Å². The lowest BCUT2D eigenvalue weighted by Crippen LogP contribution is -2.19. The molecule has 1 heterocycles. The molecule has 0 radical (unpaired) electrons. The number of unbranched alkanes of at least 4 members (excludes halogenated alkanes) is 1. The van der Waals surface area contributed by atoms with Crippen LogP contribution in [-0.4, -0.2) is 24.3 Å². The number of amidine groups is 1. The minimum Gasteiger partial charge on any atom is -0.388 e. The molecule has 0 aliphatic heterocycles. The Bertz CT molecular complexity index is 282. The van der Waals surface area contributed by atoms with Gasteiger partial charge >= 0.3 is 0 Å². The van der Waals surface area contributed by atoms with E-state index in [0.29, 0.717) is 5.84 Å². The molecule has 0 fully saturated rings. The summed E-state index contributed by atoms with van der Waals surface area (Å²) in [6.45, 7) is 2.10. The molecule has 0 saturated carbocycles. The van der Waals surface area contributed by atoms with E-state index in [1.165, 1.54) is 4.88 Å². The highest BCUT2D eigenvalue weighted by Gasteiger charge is 2.00. The third-order valence-corrected chi connectivity index (χ3v) is 3.10. The molecule has 15 heavy (non-hydrogen) atoms. The molecular weight excluding hydrogens is 206 g/mol. The Balaban J connectivity index is 2.08. The number of hydrogen-bond acceptors (Lipinski definition) is 3. The molecule has 4 heteroatoms. The average molecular weight is 225 g/mol. The van der Waals surface area contributed by atoms with E-state index in [1.807, 2.05) is 0 Å². The summed E-state index contributed by atoms with van der Waals surface area (Å²) in [5, 5.41) is 9.21. The van der Waals surface area contributed by atoms with Gasteiger partial charge in [0, 0.05) is 17.8 Å². The summed E-state index contributed by atoms with van der Waals surface area (Å²) >= 11 is 1.80. The highest BCUT2D eigenvalue weighted by Crippen LogP contribution is 2.11. The highest BCUT2D eigenvalue weighted by molar-refractivity contribution is 7.09. The maximum atomic E-state index is 7.10. The third-order valence-electron chi connectivity index (χ3n) is 2.24. The van der Waals surface area contributed by atoms with Crippen molar-refractivity contribution in [2.75, 3.05) is 13.6 Å². The monoisotopic (exact) mass is 225 g/mol. The molecule has 3 nitrogen and oxygen atoms in total. The zero-order valence-corrected chi connectivity index (χ0v) is 10.0. The Morgan fingerprint density at radius 3 is 2.93 bits per heavy atom. The van der Waals surface area contributed by atoms with E-state index >= 15 is 0 Å². The van der Waals surface area contributed by atoms with Gasteiger partial charge in [0.2, 0.25) is 0 Å². The van der Waals surface area contributed by atoms with E-state index in [0.717, 1.165) is 32.4 Å². The zero-order valence-electron chi connectivity index (χ0n) is 9.20. The number of nitrogens with two attached hydrogens (primary N) is 1. The first-order chi connectivity index (χ1) is 7.18. The first-order valence-corrected chi connectivity index (χ1v) is 6.10. The molecule has 0 amide bonds. The Kier molecular flexibility index (Phi) is 5.36. The Hall–Kier alpha value is -0.870. The fourth-order valence-electron chi connectivity index (χ4n) is 1.44. The van der Waals surface area contributed by atoms with Crippen LogP contribution in [0.1, 0.15) is 24.1 Å². The molecule has 3 N–H and O–H groups in total. The number of rotatable bonds is 7. The lowest BCUT2D eigenvalue weighted by Gasteiger charge is -2.15. The van der Waals surface area contributed by atoms with Gasteiger partial charge in [0.05, 0.1) is 5.84 Å². The minimum absolute atomic E-state index is 0.302. The smallest absolute Gasteiger partial charge is 0.0905 e. The summed E-state index contributed by atoms with van der Waals surface area (Å²) in [5.41, 5.74) is 5.29. The molecule has 0 atom stereocenters. The summed E-state index contributed by atoms with van der Waals surface area (Å²) in [4.78, 5) is 3.72. The van der Waals surface area contributed by atoms with Gasteiger partial charge in [-0.2, -0.15) is 0 Å². The molecule has 0 aromatic carbocycles. The fourth-order valence-corrected chi connectivity index (χ4v) is 2.23. The molecule has 0 saturated heterocycles. The largest absolute Gasteiger partial charge is 0.388 e. The van der Waals surface area contributed by atoms with Crippen LogP contribution < -0.4 is 5.73 Å². The Labute approximate surface area is 95.4 Å². The van der Waals surface area contributed by atoms with Gasteiger partial charge in [0.25, 0.3) is 0 Å². The third kappa shape index (κ3) is 5.54. The van der Waals surface area contributed by atoms with Crippen molar-refractivity contribution in [3.63, 3.8) is 0 Å². The van der Waals surface area contributed by atoms with Crippen LogP contribution in [0.5, 0.6) is 0 Å². The second kappa shape index (κ2) is 6.58. The van der Waals surface area contributed by atoms with Gasteiger partial charge in [-0.25, -0.2) is 0 Å². The van der Waals surface area contributed by atoms with Gasteiger partial charge < -0.3 is 10.6 Å². The predicted octanol–water partition coefficient (Wildman–Crippen LogP) is 2.29. The Morgan fingerprint density at radius 2 is 2.33 bits per heavy atom. The van der Waals surface area contributed by atoms with Crippen LogP contribution in [0, 0.1) is 5.41 Å². The van der Waals surface area contributed by atoms with Crippen molar-refractivity contribution in [2.24, 2.45) is 5.73 Å². The van der Waals surface area contributed by atoms with Crippen LogP contribution >= 0.6 is 11.3 Å². The molecule has 0 bridgehead atoms. The van der Waals surface area contributed by atoms with Gasteiger partial charge in [-0.1, -0.05) is 6.07 Å². The SMILES string of the molecule is CN(CCCCC(=N)N)Cc1cccs1. The van der Waals surface area contributed by atoms with E-state index in [1.54, 1.807) is 11.3 Å². The van der Waals surface area contributed by atoms with E-state index in [9.17, 15) is 0 Å². The summed E-state index contributed by atoms with van der Waals surface area (Å²) in [7, 11) is 2.13.